The molecule has 34 heavy (non-hydrogen) atoms. The van der Waals surface area contributed by atoms with E-state index in [4.69, 9.17) is 4.89 Å². The number of rotatable bonds is 16. The van der Waals surface area contributed by atoms with E-state index in [2.05, 4.69) is 84.2 Å². The molecule has 0 rings (SSSR count). The third-order valence-electron chi connectivity index (χ3n) is 7.53. The summed E-state index contributed by atoms with van der Waals surface area (Å²) < 4.78 is 0. The molecule has 0 aromatic rings. The molecule has 0 bridgehead atoms. The first-order chi connectivity index (χ1) is 15.5. The Hall–Kier alpha value is -1.14. The minimum absolute atomic E-state index is 0.230. The Morgan fingerprint density at radius 3 is 1.79 bits per heavy atom. The predicted molar refractivity (Wildman–Crippen MR) is 136 cm³/mol. The van der Waals surface area contributed by atoms with Gasteiger partial charge in [-0.3, -0.25) is 9.78 Å². The zero-order chi connectivity index (χ0) is 26.6. The summed E-state index contributed by atoms with van der Waals surface area (Å²) in [7, 11) is 0. The number of unbranched alkanes of at least 4 members (excludes halogenated alkanes) is 3. The van der Waals surface area contributed by atoms with Crippen molar-refractivity contribution in [2.75, 3.05) is 0 Å². The highest BCUT2D eigenvalue weighted by molar-refractivity contribution is 5.77. The summed E-state index contributed by atoms with van der Waals surface area (Å²) in [4.78, 5) is 34.5. The average molecular weight is 487 g/mol. The summed E-state index contributed by atoms with van der Waals surface area (Å²) in [6.45, 7) is 23.8. The lowest BCUT2D eigenvalue weighted by Gasteiger charge is -2.46. The van der Waals surface area contributed by atoms with Crippen LogP contribution in [-0.4, -0.2) is 11.9 Å². The molecule has 0 heterocycles. The molecule has 0 aliphatic heterocycles. The van der Waals surface area contributed by atoms with Crippen molar-refractivity contribution < 1.29 is 29.4 Å². The number of carbonyl (C=O) groups is 2. The van der Waals surface area contributed by atoms with Crippen LogP contribution >= 0.6 is 0 Å². The van der Waals surface area contributed by atoms with Gasteiger partial charge in [0.1, 0.15) is 0 Å². The van der Waals surface area contributed by atoms with Crippen molar-refractivity contribution in [2.24, 2.45) is 27.6 Å². The van der Waals surface area contributed by atoms with Gasteiger partial charge in [-0.05, 0) is 61.2 Å². The van der Waals surface area contributed by atoms with E-state index >= 15 is 0 Å². The summed E-state index contributed by atoms with van der Waals surface area (Å²) in [5.41, 5.74) is -0.581. The lowest BCUT2D eigenvalue weighted by Crippen LogP contribution is -2.47. The van der Waals surface area contributed by atoms with E-state index in [0.29, 0.717) is 18.3 Å². The van der Waals surface area contributed by atoms with Gasteiger partial charge in [0.15, 0.2) is 0 Å². The van der Waals surface area contributed by atoms with Crippen LogP contribution in [0.1, 0.15) is 140 Å². The fraction of sp³-hybridized carbons (Fsp3) is 0.929. The van der Waals surface area contributed by atoms with Crippen LogP contribution in [0, 0.1) is 27.6 Å². The molecule has 202 valence electrons. The van der Waals surface area contributed by atoms with Crippen molar-refractivity contribution in [3.05, 3.63) is 0 Å². The second-order valence-corrected chi connectivity index (χ2v) is 13.2. The van der Waals surface area contributed by atoms with E-state index < -0.39 is 17.4 Å². The minimum atomic E-state index is -0.777. The highest BCUT2D eigenvalue weighted by Crippen LogP contribution is 2.50. The molecular formula is C28H54O6. The summed E-state index contributed by atoms with van der Waals surface area (Å²) >= 11 is 0. The topological polar surface area (TPSA) is 71.1 Å². The van der Waals surface area contributed by atoms with Gasteiger partial charge in [-0.25, -0.2) is 9.59 Å². The van der Waals surface area contributed by atoms with Gasteiger partial charge in [-0.15, -0.1) is 0 Å². The largest absolute Gasteiger partial charge is 0.352 e. The van der Waals surface area contributed by atoms with E-state index in [1.165, 1.54) is 0 Å². The Bertz CT molecular complexity index is 599. The summed E-state index contributed by atoms with van der Waals surface area (Å²) in [5, 5.41) is 9.01. The summed E-state index contributed by atoms with van der Waals surface area (Å²) in [6, 6.07) is 0. The van der Waals surface area contributed by atoms with Crippen LogP contribution in [0.3, 0.4) is 0 Å². The highest BCUT2D eigenvalue weighted by atomic mass is 17.7. The van der Waals surface area contributed by atoms with Gasteiger partial charge in [0, 0.05) is 16.5 Å². The van der Waals surface area contributed by atoms with Crippen LogP contribution < -0.4 is 0 Å². The van der Waals surface area contributed by atoms with Crippen molar-refractivity contribution in [1.82, 2.24) is 0 Å². The molecule has 2 atom stereocenters. The maximum Gasteiger partial charge on any atom is 0.352 e. The average Bonchev–Trinajstić information content (AvgIpc) is 2.71. The standard InChI is InChI=1S/C28H54O6/c1-12-13-20-28(11,27(9,10)22(2)18-21-26(6,7)8)24(30)32-34-33-31-23(29)17-15-14-16-19-25(3,4)5/h22H,12-21H2,1-11H3. The van der Waals surface area contributed by atoms with Crippen LogP contribution in [0.25, 0.3) is 0 Å². The molecule has 0 aromatic heterocycles. The van der Waals surface area contributed by atoms with Gasteiger partial charge in [0.05, 0.1) is 5.41 Å². The maximum atomic E-state index is 13.1. The van der Waals surface area contributed by atoms with Gasteiger partial charge in [-0.1, -0.05) is 94.9 Å². The predicted octanol–water partition coefficient (Wildman–Crippen LogP) is 8.53. The zero-order valence-electron chi connectivity index (χ0n) is 24.1. The molecule has 0 radical (unpaired) electrons. The van der Waals surface area contributed by atoms with E-state index in [9.17, 15) is 9.59 Å². The maximum absolute atomic E-state index is 13.1. The Morgan fingerprint density at radius 2 is 1.26 bits per heavy atom. The van der Waals surface area contributed by atoms with E-state index in [0.717, 1.165) is 44.9 Å². The fourth-order valence-electron chi connectivity index (χ4n) is 4.10. The van der Waals surface area contributed by atoms with Crippen LogP contribution in [-0.2, 0) is 29.4 Å². The third kappa shape index (κ3) is 12.5. The van der Waals surface area contributed by atoms with Crippen molar-refractivity contribution in [3.63, 3.8) is 0 Å². The second-order valence-electron chi connectivity index (χ2n) is 13.2. The molecule has 2 unspecified atom stereocenters. The van der Waals surface area contributed by atoms with Gasteiger partial charge in [-0.2, -0.15) is 0 Å². The first-order valence-corrected chi connectivity index (χ1v) is 13.2. The second kappa shape index (κ2) is 14.4. The van der Waals surface area contributed by atoms with Crippen LogP contribution in [0.15, 0.2) is 0 Å². The van der Waals surface area contributed by atoms with Crippen molar-refractivity contribution in [3.8, 4) is 0 Å². The van der Waals surface area contributed by atoms with Crippen molar-refractivity contribution in [2.45, 2.75) is 140 Å². The Labute approximate surface area is 209 Å². The molecule has 0 fully saturated rings. The molecule has 0 saturated heterocycles. The number of carbonyl (C=O) groups excluding carboxylic acids is 2. The normalized spacial score (nSPS) is 15.5. The summed E-state index contributed by atoms with van der Waals surface area (Å²) in [6.07, 6.45) is 8.69. The third-order valence-corrected chi connectivity index (χ3v) is 7.53. The molecule has 0 aromatic carbocycles. The van der Waals surface area contributed by atoms with Gasteiger partial charge < -0.3 is 0 Å². The number of hydrogen-bond acceptors (Lipinski definition) is 6. The zero-order valence-corrected chi connectivity index (χ0v) is 24.1. The van der Waals surface area contributed by atoms with Gasteiger partial charge >= 0.3 is 11.9 Å². The quantitative estimate of drug-likeness (QED) is 0.124. The van der Waals surface area contributed by atoms with Crippen LogP contribution in [0.2, 0.25) is 0 Å². The van der Waals surface area contributed by atoms with Crippen LogP contribution in [0.5, 0.6) is 0 Å². The summed E-state index contributed by atoms with van der Waals surface area (Å²) in [5.74, 6) is -0.762. The Kier molecular flexibility index (Phi) is 13.9. The molecule has 0 saturated carbocycles. The highest BCUT2D eigenvalue weighted by Gasteiger charge is 2.51. The molecule has 0 N–H and O–H groups in total. The van der Waals surface area contributed by atoms with E-state index in [1.54, 1.807) is 0 Å². The SMILES string of the molecule is CCCCC(C)(C(=O)OOOOC(=O)CCCCCC(C)(C)C)C(C)(C)C(C)CCC(C)(C)C. The monoisotopic (exact) mass is 486 g/mol. The molecule has 0 spiro atoms. The molecule has 0 aliphatic rings. The lowest BCUT2D eigenvalue weighted by molar-refractivity contribution is -0.601. The molecule has 6 nitrogen and oxygen atoms in total. The van der Waals surface area contributed by atoms with Crippen molar-refractivity contribution >= 4 is 11.9 Å². The Balaban J connectivity index is 4.72. The van der Waals surface area contributed by atoms with Gasteiger partial charge in [0.25, 0.3) is 0 Å². The molecule has 0 amide bonds. The Morgan fingerprint density at radius 1 is 0.706 bits per heavy atom. The van der Waals surface area contributed by atoms with E-state index in [-0.39, 0.29) is 23.2 Å². The van der Waals surface area contributed by atoms with E-state index in [1.807, 2.05) is 6.92 Å². The molecular weight excluding hydrogens is 432 g/mol. The lowest BCUT2D eigenvalue weighted by atomic mass is 9.57. The first-order valence-electron chi connectivity index (χ1n) is 13.2. The fourth-order valence-corrected chi connectivity index (χ4v) is 4.10. The van der Waals surface area contributed by atoms with Crippen LogP contribution in [0.4, 0.5) is 0 Å². The van der Waals surface area contributed by atoms with Gasteiger partial charge in [0.2, 0.25) is 0 Å². The molecule has 6 heteroatoms. The minimum Gasteiger partial charge on any atom is -0.266 e. The number of hydrogen-bond donors (Lipinski definition) is 0. The first kappa shape index (κ1) is 32.9. The van der Waals surface area contributed by atoms with Crippen molar-refractivity contribution in [1.29, 1.82) is 0 Å². The molecule has 0 aliphatic carbocycles. The smallest absolute Gasteiger partial charge is 0.266 e.